The molecular formula is C14H27N3. The van der Waals surface area contributed by atoms with Crippen molar-refractivity contribution in [2.45, 2.75) is 58.4 Å². The first-order valence-corrected chi connectivity index (χ1v) is 6.90. The Kier molecular flexibility index (Phi) is 6.27. The molecule has 2 atom stereocenters. The predicted molar refractivity (Wildman–Crippen MR) is 72.8 cm³/mol. The van der Waals surface area contributed by atoms with Gasteiger partial charge in [0, 0.05) is 19.3 Å². The second kappa shape index (κ2) is 7.49. The van der Waals surface area contributed by atoms with Gasteiger partial charge in [-0.15, -0.1) is 0 Å². The van der Waals surface area contributed by atoms with E-state index in [-0.39, 0.29) is 0 Å². The Morgan fingerprint density at radius 3 is 2.65 bits per heavy atom. The Balaban J connectivity index is 2.33. The van der Waals surface area contributed by atoms with Gasteiger partial charge in [-0.3, -0.25) is 4.68 Å². The third kappa shape index (κ3) is 4.90. The van der Waals surface area contributed by atoms with Crippen molar-refractivity contribution in [1.29, 1.82) is 0 Å². The molecule has 3 heteroatoms. The van der Waals surface area contributed by atoms with E-state index < -0.39 is 0 Å². The van der Waals surface area contributed by atoms with E-state index in [1.165, 1.54) is 31.2 Å². The standard InChI is InChI=1S/C14H27N3/c1-4-6-7-13(5-2)14(15)9-8-12-10-16-17(3)11-12/h10-11,13-14H,4-9,15H2,1-3H3. The molecule has 0 aliphatic heterocycles. The molecule has 0 radical (unpaired) electrons. The summed E-state index contributed by atoms with van der Waals surface area (Å²) in [6.45, 7) is 4.50. The molecule has 17 heavy (non-hydrogen) atoms. The third-order valence-electron chi connectivity index (χ3n) is 3.58. The van der Waals surface area contributed by atoms with Crippen molar-refractivity contribution >= 4 is 0 Å². The zero-order valence-electron chi connectivity index (χ0n) is 11.5. The van der Waals surface area contributed by atoms with Crippen LogP contribution in [-0.4, -0.2) is 15.8 Å². The summed E-state index contributed by atoms with van der Waals surface area (Å²) in [6.07, 6.45) is 11.2. The molecule has 0 saturated heterocycles. The highest BCUT2D eigenvalue weighted by Crippen LogP contribution is 2.19. The fourth-order valence-electron chi connectivity index (χ4n) is 2.36. The Labute approximate surface area is 105 Å². The third-order valence-corrected chi connectivity index (χ3v) is 3.58. The van der Waals surface area contributed by atoms with Gasteiger partial charge in [0.15, 0.2) is 0 Å². The van der Waals surface area contributed by atoms with Crippen molar-refractivity contribution in [1.82, 2.24) is 9.78 Å². The zero-order chi connectivity index (χ0) is 12.7. The Morgan fingerprint density at radius 1 is 1.35 bits per heavy atom. The number of aryl methyl sites for hydroxylation is 2. The van der Waals surface area contributed by atoms with Crippen LogP contribution in [-0.2, 0) is 13.5 Å². The SMILES string of the molecule is CCCCC(CC)C(N)CCc1cnn(C)c1. The normalized spacial score (nSPS) is 14.8. The molecule has 2 N–H and O–H groups in total. The van der Waals surface area contributed by atoms with Crippen LogP contribution in [0.3, 0.4) is 0 Å². The van der Waals surface area contributed by atoms with Crippen LogP contribution >= 0.6 is 0 Å². The molecule has 2 unspecified atom stereocenters. The predicted octanol–water partition coefficient (Wildman–Crippen LogP) is 2.90. The fourth-order valence-corrected chi connectivity index (χ4v) is 2.36. The quantitative estimate of drug-likeness (QED) is 0.755. The molecule has 1 aromatic rings. The van der Waals surface area contributed by atoms with Crippen molar-refractivity contribution in [3.63, 3.8) is 0 Å². The Morgan fingerprint density at radius 2 is 2.12 bits per heavy atom. The first-order chi connectivity index (χ1) is 8.17. The minimum absolute atomic E-state index is 0.340. The molecule has 1 rings (SSSR count). The van der Waals surface area contributed by atoms with Crippen molar-refractivity contribution < 1.29 is 0 Å². The van der Waals surface area contributed by atoms with Gasteiger partial charge < -0.3 is 5.73 Å². The summed E-state index contributed by atoms with van der Waals surface area (Å²) in [7, 11) is 1.96. The second-order valence-electron chi connectivity index (χ2n) is 5.04. The van der Waals surface area contributed by atoms with Gasteiger partial charge in [0.25, 0.3) is 0 Å². The van der Waals surface area contributed by atoms with E-state index in [4.69, 9.17) is 5.73 Å². The summed E-state index contributed by atoms with van der Waals surface area (Å²) in [5.41, 5.74) is 7.60. The molecule has 0 bridgehead atoms. The maximum absolute atomic E-state index is 6.30. The lowest BCUT2D eigenvalue weighted by atomic mass is 9.89. The van der Waals surface area contributed by atoms with E-state index in [0.29, 0.717) is 12.0 Å². The van der Waals surface area contributed by atoms with Crippen LogP contribution in [0, 0.1) is 5.92 Å². The zero-order valence-corrected chi connectivity index (χ0v) is 11.5. The maximum Gasteiger partial charge on any atom is 0.0521 e. The highest BCUT2D eigenvalue weighted by molar-refractivity contribution is 5.04. The number of rotatable bonds is 8. The van der Waals surface area contributed by atoms with E-state index >= 15 is 0 Å². The Bertz CT molecular complexity index is 306. The lowest BCUT2D eigenvalue weighted by Crippen LogP contribution is -2.30. The van der Waals surface area contributed by atoms with E-state index in [1.54, 1.807) is 0 Å². The number of aromatic nitrogens is 2. The van der Waals surface area contributed by atoms with Gasteiger partial charge in [0.05, 0.1) is 6.20 Å². The van der Waals surface area contributed by atoms with Gasteiger partial charge in [0.2, 0.25) is 0 Å². The van der Waals surface area contributed by atoms with Gasteiger partial charge >= 0.3 is 0 Å². The van der Waals surface area contributed by atoms with Gasteiger partial charge in [-0.1, -0.05) is 33.1 Å². The molecule has 1 aromatic heterocycles. The molecule has 0 aliphatic carbocycles. The summed E-state index contributed by atoms with van der Waals surface area (Å²) in [6, 6.07) is 0.340. The highest BCUT2D eigenvalue weighted by Gasteiger charge is 2.15. The molecule has 3 nitrogen and oxygen atoms in total. The largest absolute Gasteiger partial charge is 0.327 e. The van der Waals surface area contributed by atoms with Crippen molar-refractivity contribution in [2.24, 2.45) is 18.7 Å². The topological polar surface area (TPSA) is 43.8 Å². The molecule has 0 aliphatic rings. The van der Waals surface area contributed by atoms with E-state index in [0.717, 1.165) is 12.8 Å². The van der Waals surface area contributed by atoms with Crippen LogP contribution in [0.4, 0.5) is 0 Å². The smallest absolute Gasteiger partial charge is 0.0521 e. The number of hydrogen-bond acceptors (Lipinski definition) is 2. The second-order valence-corrected chi connectivity index (χ2v) is 5.04. The van der Waals surface area contributed by atoms with Crippen LogP contribution in [0.1, 0.15) is 51.5 Å². The molecular weight excluding hydrogens is 210 g/mol. The van der Waals surface area contributed by atoms with Crippen LogP contribution in [0.5, 0.6) is 0 Å². The molecule has 0 aromatic carbocycles. The number of nitrogens with two attached hydrogens (primary N) is 1. The summed E-state index contributed by atoms with van der Waals surface area (Å²) in [5.74, 6) is 0.687. The summed E-state index contributed by atoms with van der Waals surface area (Å²) in [4.78, 5) is 0. The Hall–Kier alpha value is -0.830. The molecule has 0 spiro atoms. The van der Waals surface area contributed by atoms with Crippen molar-refractivity contribution in [2.75, 3.05) is 0 Å². The van der Waals surface area contributed by atoms with E-state index in [9.17, 15) is 0 Å². The van der Waals surface area contributed by atoms with Gasteiger partial charge in [0.1, 0.15) is 0 Å². The number of hydrogen-bond donors (Lipinski definition) is 1. The van der Waals surface area contributed by atoms with Crippen molar-refractivity contribution in [3.8, 4) is 0 Å². The summed E-state index contributed by atoms with van der Waals surface area (Å²) < 4.78 is 1.86. The van der Waals surface area contributed by atoms with Crippen LogP contribution in [0.2, 0.25) is 0 Å². The lowest BCUT2D eigenvalue weighted by molar-refractivity contribution is 0.356. The summed E-state index contributed by atoms with van der Waals surface area (Å²) in [5, 5.41) is 4.19. The van der Waals surface area contributed by atoms with Crippen LogP contribution in [0.25, 0.3) is 0 Å². The lowest BCUT2D eigenvalue weighted by Gasteiger charge is -2.22. The van der Waals surface area contributed by atoms with Crippen molar-refractivity contribution in [3.05, 3.63) is 18.0 Å². The maximum atomic E-state index is 6.30. The number of nitrogens with zero attached hydrogens (tertiary/aromatic N) is 2. The van der Waals surface area contributed by atoms with Gasteiger partial charge in [-0.05, 0) is 30.7 Å². The van der Waals surface area contributed by atoms with Gasteiger partial charge in [-0.2, -0.15) is 5.10 Å². The minimum atomic E-state index is 0.340. The summed E-state index contributed by atoms with van der Waals surface area (Å²) >= 11 is 0. The first kappa shape index (κ1) is 14.2. The molecule has 0 fully saturated rings. The minimum Gasteiger partial charge on any atom is -0.327 e. The van der Waals surface area contributed by atoms with Gasteiger partial charge in [-0.25, -0.2) is 0 Å². The monoisotopic (exact) mass is 237 g/mol. The molecule has 98 valence electrons. The van der Waals surface area contributed by atoms with E-state index in [2.05, 4.69) is 25.1 Å². The first-order valence-electron chi connectivity index (χ1n) is 6.90. The fraction of sp³-hybridized carbons (Fsp3) is 0.786. The van der Waals surface area contributed by atoms with Crippen LogP contribution < -0.4 is 5.73 Å². The molecule has 0 saturated carbocycles. The molecule has 0 amide bonds. The highest BCUT2D eigenvalue weighted by atomic mass is 15.2. The van der Waals surface area contributed by atoms with E-state index in [1.807, 2.05) is 17.9 Å². The average molecular weight is 237 g/mol. The number of unbranched alkanes of at least 4 members (excludes halogenated alkanes) is 1. The van der Waals surface area contributed by atoms with Crippen LogP contribution in [0.15, 0.2) is 12.4 Å². The average Bonchev–Trinajstić information content (AvgIpc) is 2.73. The molecule has 1 heterocycles.